The smallest absolute Gasteiger partial charge is 0.261 e. The lowest BCUT2D eigenvalue weighted by atomic mass is 10.2. The molecular weight excluding hydrogens is 377 g/mol. The molecule has 3 rings (SSSR count). The predicted molar refractivity (Wildman–Crippen MR) is 106 cm³/mol. The summed E-state index contributed by atoms with van der Waals surface area (Å²) in [6.07, 6.45) is 0. The van der Waals surface area contributed by atoms with Crippen molar-refractivity contribution in [1.29, 1.82) is 0 Å². The second-order valence-corrected chi connectivity index (χ2v) is 7.70. The predicted octanol–water partition coefficient (Wildman–Crippen LogP) is 4.81. The normalized spacial score (nSPS) is 11.2. The molecule has 0 fully saturated rings. The molecule has 1 amide bonds. The Morgan fingerprint density at radius 3 is 2.56 bits per heavy atom. The number of fused-ring (bicyclic) bond motifs is 1. The Hall–Kier alpha value is -1.66. The number of nitrogens with zero attached hydrogens (tertiary/aromatic N) is 3. The second kappa shape index (κ2) is 7.70. The topological polar surface area (TPSA) is 36.4 Å². The molecule has 0 atom stereocenters. The molecule has 25 heavy (non-hydrogen) atoms. The van der Waals surface area contributed by atoms with E-state index < -0.39 is 0 Å². The van der Waals surface area contributed by atoms with Crippen molar-refractivity contribution in [2.45, 2.75) is 0 Å². The molecular formula is C18H17Cl2N3OS. The van der Waals surface area contributed by atoms with Crippen LogP contribution in [0.2, 0.25) is 10.0 Å². The standard InChI is InChI=1S/C18H17Cl2N3OS/c1-22(2)9-10-23(17(24)13-8-7-12(19)11-14(13)20)18-21-15-5-3-4-6-16(15)25-18/h3-8,11H,9-10H2,1-2H3. The van der Waals surface area contributed by atoms with Gasteiger partial charge in [-0.2, -0.15) is 0 Å². The van der Waals surface area contributed by atoms with Gasteiger partial charge in [-0.25, -0.2) is 4.98 Å². The van der Waals surface area contributed by atoms with Crippen molar-refractivity contribution in [1.82, 2.24) is 9.88 Å². The zero-order valence-corrected chi connectivity index (χ0v) is 16.2. The molecule has 1 aromatic heterocycles. The molecule has 0 aliphatic rings. The summed E-state index contributed by atoms with van der Waals surface area (Å²) in [4.78, 5) is 21.4. The molecule has 4 nitrogen and oxygen atoms in total. The van der Waals surface area contributed by atoms with Gasteiger partial charge in [-0.15, -0.1) is 0 Å². The summed E-state index contributed by atoms with van der Waals surface area (Å²) in [6, 6.07) is 12.8. The summed E-state index contributed by atoms with van der Waals surface area (Å²) in [6.45, 7) is 1.23. The molecule has 0 aliphatic heterocycles. The van der Waals surface area contributed by atoms with Crippen LogP contribution in [0.1, 0.15) is 10.4 Å². The van der Waals surface area contributed by atoms with Crippen molar-refractivity contribution in [3.05, 3.63) is 58.1 Å². The van der Waals surface area contributed by atoms with Gasteiger partial charge in [0.2, 0.25) is 0 Å². The van der Waals surface area contributed by atoms with E-state index in [1.54, 1.807) is 23.1 Å². The van der Waals surface area contributed by atoms with Crippen LogP contribution < -0.4 is 4.90 Å². The van der Waals surface area contributed by atoms with Crippen LogP contribution in [0.15, 0.2) is 42.5 Å². The third kappa shape index (κ3) is 4.12. The number of likely N-dealkylation sites (N-methyl/N-ethyl adjacent to an activating group) is 1. The van der Waals surface area contributed by atoms with Gasteiger partial charge in [0.25, 0.3) is 5.91 Å². The number of rotatable bonds is 5. The maximum atomic E-state index is 13.1. The number of hydrogen-bond donors (Lipinski definition) is 0. The van der Waals surface area contributed by atoms with E-state index in [-0.39, 0.29) is 5.91 Å². The van der Waals surface area contributed by atoms with Gasteiger partial charge in [0.05, 0.1) is 20.8 Å². The second-order valence-electron chi connectivity index (χ2n) is 5.85. The van der Waals surface area contributed by atoms with Crippen molar-refractivity contribution in [2.75, 3.05) is 32.1 Å². The zero-order valence-electron chi connectivity index (χ0n) is 13.9. The third-order valence-electron chi connectivity index (χ3n) is 3.69. The van der Waals surface area contributed by atoms with E-state index in [1.807, 2.05) is 43.3 Å². The van der Waals surface area contributed by atoms with Crippen LogP contribution in [-0.2, 0) is 0 Å². The Morgan fingerprint density at radius 1 is 1.12 bits per heavy atom. The maximum absolute atomic E-state index is 13.1. The number of thiazole rings is 1. The van der Waals surface area contributed by atoms with Crippen molar-refractivity contribution in [3.8, 4) is 0 Å². The molecule has 0 unspecified atom stereocenters. The van der Waals surface area contributed by atoms with Crippen molar-refractivity contribution in [2.24, 2.45) is 0 Å². The minimum Gasteiger partial charge on any atom is -0.308 e. The molecule has 0 N–H and O–H groups in total. The maximum Gasteiger partial charge on any atom is 0.261 e. The Bertz CT molecular complexity index is 877. The highest BCUT2D eigenvalue weighted by atomic mass is 35.5. The molecule has 0 spiro atoms. The highest BCUT2D eigenvalue weighted by molar-refractivity contribution is 7.22. The fraction of sp³-hybridized carbons (Fsp3) is 0.222. The van der Waals surface area contributed by atoms with E-state index >= 15 is 0 Å². The Labute approximate surface area is 160 Å². The van der Waals surface area contributed by atoms with Crippen LogP contribution in [0.3, 0.4) is 0 Å². The first-order valence-electron chi connectivity index (χ1n) is 7.73. The number of amides is 1. The summed E-state index contributed by atoms with van der Waals surface area (Å²) >= 11 is 13.7. The summed E-state index contributed by atoms with van der Waals surface area (Å²) < 4.78 is 1.04. The van der Waals surface area contributed by atoms with Gasteiger partial charge in [-0.3, -0.25) is 9.69 Å². The Morgan fingerprint density at radius 2 is 1.88 bits per heavy atom. The number of carbonyl (C=O) groups is 1. The lowest BCUT2D eigenvalue weighted by Crippen LogP contribution is -2.36. The molecule has 0 aliphatic carbocycles. The fourth-order valence-corrected chi connectivity index (χ4v) is 3.85. The van der Waals surface area contributed by atoms with Crippen LogP contribution in [0.5, 0.6) is 0 Å². The van der Waals surface area contributed by atoms with Gasteiger partial charge in [-0.05, 0) is 44.4 Å². The van der Waals surface area contributed by atoms with E-state index in [2.05, 4.69) is 4.98 Å². The zero-order chi connectivity index (χ0) is 18.0. The summed E-state index contributed by atoms with van der Waals surface area (Å²) in [7, 11) is 3.94. The molecule has 3 aromatic rings. The largest absolute Gasteiger partial charge is 0.308 e. The number of carbonyl (C=O) groups excluding carboxylic acids is 1. The molecule has 0 saturated heterocycles. The average molecular weight is 394 g/mol. The van der Waals surface area contributed by atoms with Gasteiger partial charge in [0.1, 0.15) is 0 Å². The number of aromatic nitrogens is 1. The van der Waals surface area contributed by atoms with Gasteiger partial charge in [-0.1, -0.05) is 46.7 Å². The van der Waals surface area contributed by atoms with Crippen LogP contribution in [-0.4, -0.2) is 43.0 Å². The van der Waals surface area contributed by atoms with E-state index in [4.69, 9.17) is 23.2 Å². The minimum absolute atomic E-state index is 0.178. The van der Waals surface area contributed by atoms with Crippen LogP contribution in [0, 0.1) is 0 Å². The third-order valence-corrected chi connectivity index (χ3v) is 5.30. The molecule has 130 valence electrons. The molecule has 0 saturated carbocycles. The first-order chi connectivity index (χ1) is 12.0. The summed E-state index contributed by atoms with van der Waals surface area (Å²) in [5, 5.41) is 1.51. The molecule has 1 heterocycles. The van der Waals surface area contributed by atoms with Crippen LogP contribution in [0.25, 0.3) is 10.2 Å². The minimum atomic E-state index is -0.178. The fourth-order valence-electron chi connectivity index (χ4n) is 2.37. The van der Waals surface area contributed by atoms with E-state index in [0.29, 0.717) is 33.8 Å². The molecule has 0 radical (unpaired) electrons. The van der Waals surface area contributed by atoms with Crippen molar-refractivity contribution < 1.29 is 4.79 Å². The van der Waals surface area contributed by atoms with E-state index in [1.165, 1.54) is 11.3 Å². The van der Waals surface area contributed by atoms with E-state index in [9.17, 15) is 4.79 Å². The van der Waals surface area contributed by atoms with Gasteiger partial charge in [0.15, 0.2) is 5.13 Å². The van der Waals surface area contributed by atoms with Gasteiger partial charge in [0, 0.05) is 18.1 Å². The van der Waals surface area contributed by atoms with Gasteiger partial charge < -0.3 is 4.90 Å². The van der Waals surface area contributed by atoms with Crippen LogP contribution in [0.4, 0.5) is 5.13 Å². The molecule has 7 heteroatoms. The quantitative estimate of drug-likeness (QED) is 0.623. The number of halogens is 2. The summed E-state index contributed by atoms with van der Waals surface area (Å²) in [5.74, 6) is -0.178. The number of benzene rings is 2. The van der Waals surface area contributed by atoms with Crippen molar-refractivity contribution in [3.63, 3.8) is 0 Å². The average Bonchev–Trinajstić information content (AvgIpc) is 2.98. The monoisotopic (exact) mass is 393 g/mol. The lowest BCUT2D eigenvalue weighted by molar-refractivity contribution is 0.0985. The van der Waals surface area contributed by atoms with Crippen LogP contribution >= 0.6 is 34.5 Å². The Kier molecular flexibility index (Phi) is 5.59. The summed E-state index contributed by atoms with van der Waals surface area (Å²) in [5.41, 5.74) is 1.30. The highest BCUT2D eigenvalue weighted by Crippen LogP contribution is 2.31. The van der Waals surface area contributed by atoms with Gasteiger partial charge >= 0.3 is 0 Å². The molecule has 2 aromatic carbocycles. The first-order valence-corrected chi connectivity index (χ1v) is 9.30. The first kappa shape index (κ1) is 18.1. The number of hydrogen-bond acceptors (Lipinski definition) is 4. The molecule has 0 bridgehead atoms. The highest BCUT2D eigenvalue weighted by Gasteiger charge is 2.23. The lowest BCUT2D eigenvalue weighted by Gasteiger charge is -2.22. The number of anilines is 1. The number of para-hydroxylation sites is 1. The van der Waals surface area contributed by atoms with Crippen molar-refractivity contribution >= 4 is 55.8 Å². The Balaban J connectivity index is 2.00. The van der Waals surface area contributed by atoms with E-state index in [0.717, 1.165) is 10.2 Å². The SMILES string of the molecule is CN(C)CCN(C(=O)c1ccc(Cl)cc1Cl)c1nc2ccccc2s1.